The molecule has 0 bridgehead atoms. The second-order valence-electron chi connectivity index (χ2n) is 11.5. The second-order valence-corrected chi connectivity index (χ2v) is 12.6. The van der Waals surface area contributed by atoms with E-state index in [2.05, 4.69) is 10.6 Å². The lowest BCUT2D eigenvalue weighted by Crippen LogP contribution is -2.40. The van der Waals surface area contributed by atoms with E-state index in [1.165, 1.54) is 11.3 Å². The third-order valence-electron chi connectivity index (χ3n) is 8.67. The molecule has 2 aliphatic rings. The maximum absolute atomic E-state index is 14.5. The maximum Gasteiger partial charge on any atom is 0.338 e. The van der Waals surface area contributed by atoms with E-state index in [-0.39, 0.29) is 24.5 Å². The van der Waals surface area contributed by atoms with Gasteiger partial charge in [0.15, 0.2) is 16.3 Å². The molecule has 0 unspecified atom stereocenters. The molecule has 0 radical (unpaired) electrons. The third-order valence-corrected chi connectivity index (χ3v) is 9.65. The highest BCUT2D eigenvalue weighted by molar-refractivity contribution is 7.07. The molecule has 0 fully saturated rings. The van der Waals surface area contributed by atoms with Crippen molar-refractivity contribution in [2.45, 2.75) is 19.5 Å². The summed E-state index contributed by atoms with van der Waals surface area (Å²) in [6.07, 6.45) is 3.89. The van der Waals surface area contributed by atoms with E-state index in [1.807, 2.05) is 103 Å². The number of nitrogens with zero attached hydrogens (tertiary/aromatic N) is 4. The van der Waals surface area contributed by atoms with Crippen molar-refractivity contribution < 1.29 is 19.0 Å². The van der Waals surface area contributed by atoms with E-state index in [0.29, 0.717) is 44.2 Å². The Bertz CT molecular complexity index is 2540. The van der Waals surface area contributed by atoms with Gasteiger partial charge in [-0.15, -0.1) is 0 Å². The van der Waals surface area contributed by atoms with Crippen LogP contribution in [0.1, 0.15) is 40.8 Å². The van der Waals surface area contributed by atoms with Gasteiger partial charge in [0.1, 0.15) is 0 Å². The third kappa shape index (κ3) is 5.30. The molecular weight excluding hydrogens is 637 g/mol. The van der Waals surface area contributed by atoms with E-state index in [0.717, 1.165) is 27.6 Å². The summed E-state index contributed by atoms with van der Waals surface area (Å²) >= 11 is 1.27. The number of thiazole rings is 1. The molecule has 2 aromatic heterocycles. The van der Waals surface area contributed by atoms with Gasteiger partial charge in [-0.25, -0.2) is 9.79 Å². The maximum atomic E-state index is 14.5. The van der Waals surface area contributed by atoms with Crippen LogP contribution in [0.25, 0.3) is 22.7 Å². The number of hydrogen-bond acceptors (Lipinski definition) is 8. The van der Waals surface area contributed by atoms with Crippen molar-refractivity contribution in [3.63, 3.8) is 0 Å². The van der Waals surface area contributed by atoms with Gasteiger partial charge in [0.25, 0.3) is 5.56 Å². The van der Waals surface area contributed by atoms with Crippen LogP contribution in [0.4, 0.5) is 0 Å². The van der Waals surface area contributed by atoms with Gasteiger partial charge in [-0.05, 0) is 48.4 Å². The predicted molar refractivity (Wildman–Crippen MR) is 186 cm³/mol. The van der Waals surface area contributed by atoms with Gasteiger partial charge >= 0.3 is 5.97 Å². The van der Waals surface area contributed by atoms with E-state index in [4.69, 9.17) is 19.2 Å². The van der Waals surface area contributed by atoms with Gasteiger partial charge in [-0.3, -0.25) is 9.36 Å². The van der Waals surface area contributed by atoms with Crippen molar-refractivity contribution in [2.24, 2.45) is 4.99 Å². The highest BCUT2D eigenvalue weighted by atomic mass is 32.1. The molecule has 4 aromatic carbocycles. The molecule has 1 atom stereocenters. The molecule has 0 saturated carbocycles. The summed E-state index contributed by atoms with van der Waals surface area (Å²) in [6, 6.07) is 31.9. The first-order valence-electron chi connectivity index (χ1n) is 15.8. The van der Waals surface area contributed by atoms with Crippen LogP contribution < -0.4 is 24.4 Å². The SMILES string of the molecule is CCOC(=O)C1=C(c2ccccc2)N=c2s/c(=C/c3cn(Cc4ccccc4C#N)c4ccccc34)c(=O)n2[C@@H]1c1ccc2c(c1)OCO2. The number of nitriles is 1. The number of aromatic nitrogens is 2. The van der Waals surface area contributed by atoms with Crippen molar-refractivity contribution in [1.29, 1.82) is 5.26 Å². The highest BCUT2D eigenvalue weighted by Gasteiger charge is 2.36. The molecule has 4 heterocycles. The fourth-order valence-electron chi connectivity index (χ4n) is 6.45. The predicted octanol–water partition coefficient (Wildman–Crippen LogP) is 5.54. The van der Waals surface area contributed by atoms with E-state index < -0.39 is 12.0 Å². The molecule has 9 nitrogen and oxygen atoms in total. The minimum Gasteiger partial charge on any atom is -0.463 e. The molecular formula is C39H28N4O5S. The molecule has 240 valence electrons. The molecule has 0 N–H and O–H groups in total. The lowest BCUT2D eigenvalue weighted by atomic mass is 9.93. The van der Waals surface area contributed by atoms with Gasteiger partial charge in [-0.2, -0.15) is 5.26 Å². The van der Waals surface area contributed by atoms with E-state index >= 15 is 0 Å². The minimum atomic E-state index is -0.842. The molecule has 8 rings (SSSR count). The van der Waals surface area contributed by atoms with Crippen LogP contribution in [0.5, 0.6) is 11.5 Å². The highest BCUT2D eigenvalue weighted by Crippen LogP contribution is 2.40. The number of carbonyl (C=O) groups excluding carboxylic acids is 1. The quantitative estimate of drug-likeness (QED) is 0.208. The average Bonchev–Trinajstić information content (AvgIpc) is 3.83. The Morgan fingerprint density at radius 3 is 2.63 bits per heavy atom. The Labute approximate surface area is 284 Å². The topological polar surface area (TPSA) is 108 Å². The minimum absolute atomic E-state index is 0.0904. The molecule has 6 aromatic rings. The lowest BCUT2D eigenvalue weighted by Gasteiger charge is -2.26. The van der Waals surface area contributed by atoms with Crippen molar-refractivity contribution in [2.75, 3.05) is 13.4 Å². The smallest absolute Gasteiger partial charge is 0.338 e. The lowest BCUT2D eigenvalue weighted by molar-refractivity contribution is -0.138. The number of hydrogen-bond donors (Lipinski definition) is 0. The molecule has 0 saturated heterocycles. The Morgan fingerprint density at radius 1 is 1.02 bits per heavy atom. The van der Waals surface area contributed by atoms with Crippen molar-refractivity contribution in [1.82, 2.24) is 9.13 Å². The van der Waals surface area contributed by atoms with Crippen LogP contribution in [0.2, 0.25) is 0 Å². The van der Waals surface area contributed by atoms with Crippen LogP contribution in [0.15, 0.2) is 119 Å². The number of fused-ring (bicyclic) bond motifs is 3. The first kappa shape index (κ1) is 30.2. The number of ether oxygens (including phenoxy) is 3. The van der Waals surface area contributed by atoms with Crippen LogP contribution >= 0.6 is 11.3 Å². The normalized spacial score (nSPS) is 15.2. The first-order chi connectivity index (χ1) is 24.0. The summed E-state index contributed by atoms with van der Waals surface area (Å²) in [6.45, 7) is 2.49. The fourth-order valence-corrected chi connectivity index (χ4v) is 7.44. The Balaban J connectivity index is 1.34. The molecule has 0 spiro atoms. The average molecular weight is 665 g/mol. The summed E-state index contributed by atoms with van der Waals surface area (Å²) in [5.74, 6) is 0.574. The summed E-state index contributed by atoms with van der Waals surface area (Å²) in [4.78, 5) is 33.8. The van der Waals surface area contributed by atoms with Gasteiger partial charge in [0, 0.05) is 34.8 Å². The Morgan fingerprint density at radius 2 is 1.80 bits per heavy atom. The Hall–Kier alpha value is -6.18. The van der Waals surface area contributed by atoms with Crippen LogP contribution in [-0.4, -0.2) is 28.5 Å². The van der Waals surface area contributed by atoms with Crippen LogP contribution in [0, 0.1) is 11.3 Å². The molecule has 49 heavy (non-hydrogen) atoms. The number of para-hydroxylation sites is 1. The first-order valence-corrected chi connectivity index (χ1v) is 16.6. The van der Waals surface area contributed by atoms with Gasteiger partial charge in [0.2, 0.25) is 6.79 Å². The van der Waals surface area contributed by atoms with Gasteiger partial charge < -0.3 is 18.8 Å². The Kier molecular flexibility index (Phi) is 7.66. The number of carbonyl (C=O) groups is 1. The zero-order chi connectivity index (χ0) is 33.5. The van der Waals surface area contributed by atoms with Gasteiger partial charge in [0.05, 0.1) is 40.1 Å². The van der Waals surface area contributed by atoms with Crippen LogP contribution in [0.3, 0.4) is 0 Å². The molecule has 2 aliphatic heterocycles. The number of esters is 1. The largest absolute Gasteiger partial charge is 0.463 e. The van der Waals surface area contributed by atoms with Crippen molar-refractivity contribution >= 4 is 40.0 Å². The van der Waals surface area contributed by atoms with Crippen molar-refractivity contribution in [3.8, 4) is 17.6 Å². The standard InChI is InChI=1S/C39H28N4O5S/c1-2-46-38(45)34-35(24-10-4-3-5-11-24)41-39-43(36(34)25-16-17-31-32(18-25)48-23-47-31)37(44)33(49-39)19-28-22-42(30-15-9-8-14-29(28)30)21-27-13-7-6-12-26(27)20-40/h3-19,22,36H,2,21,23H2,1H3/b33-19+/t36-/m1/s1. The summed E-state index contributed by atoms with van der Waals surface area (Å²) in [5, 5.41) is 10.7. The van der Waals surface area contributed by atoms with Gasteiger partial charge in [-0.1, -0.05) is 84.1 Å². The summed E-state index contributed by atoms with van der Waals surface area (Å²) in [5.41, 5.74) is 5.16. The summed E-state index contributed by atoms with van der Waals surface area (Å²) < 4.78 is 21.0. The molecule has 0 amide bonds. The van der Waals surface area contributed by atoms with Crippen LogP contribution in [-0.2, 0) is 16.1 Å². The molecule has 10 heteroatoms. The van der Waals surface area contributed by atoms with Crippen molar-refractivity contribution in [3.05, 3.63) is 156 Å². The molecule has 0 aliphatic carbocycles. The number of rotatable bonds is 7. The number of benzene rings is 4. The zero-order valence-corrected chi connectivity index (χ0v) is 27.1. The summed E-state index contributed by atoms with van der Waals surface area (Å²) in [7, 11) is 0. The van der Waals surface area contributed by atoms with E-state index in [1.54, 1.807) is 17.6 Å². The fraction of sp³-hybridized carbons (Fsp3) is 0.128. The van der Waals surface area contributed by atoms with E-state index in [9.17, 15) is 14.9 Å². The zero-order valence-electron chi connectivity index (χ0n) is 26.3. The second kappa shape index (κ2) is 12.4. The monoisotopic (exact) mass is 664 g/mol.